The van der Waals surface area contributed by atoms with Crippen LogP contribution in [0.15, 0.2) is 29.4 Å². The molecule has 4 rings (SSSR count). The Kier molecular flexibility index (Phi) is 3.34. The molecule has 0 aliphatic carbocycles. The van der Waals surface area contributed by atoms with E-state index in [-0.39, 0.29) is 11.7 Å². The number of carbonyl (C=O) groups excluding carboxylic acids is 1. The van der Waals surface area contributed by atoms with Crippen LogP contribution in [0, 0.1) is 0 Å². The number of hydrogen-bond acceptors (Lipinski definition) is 7. The van der Waals surface area contributed by atoms with Crippen LogP contribution in [-0.2, 0) is 9.53 Å². The summed E-state index contributed by atoms with van der Waals surface area (Å²) in [7, 11) is 0. The number of H-pyrrole nitrogens is 1. The van der Waals surface area contributed by atoms with Gasteiger partial charge in [0.05, 0.1) is 12.4 Å². The van der Waals surface area contributed by atoms with Crippen molar-refractivity contribution in [3.8, 4) is 0 Å². The highest BCUT2D eigenvalue weighted by Crippen LogP contribution is 2.23. The highest BCUT2D eigenvalue weighted by molar-refractivity contribution is 7.99. The maximum atomic E-state index is 11.5. The van der Waals surface area contributed by atoms with Gasteiger partial charge in [0, 0.05) is 10.9 Å². The van der Waals surface area contributed by atoms with Crippen molar-refractivity contribution >= 4 is 45.6 Å². The van der Waals surface area contributed by atoms with Crippen LogP contribution in [0.25, 0.3) is 27.8 Å². The number of nitrogens with zero attached hydrogens (tertiary/aromatic N) is 5. The summed E-state index contributed by atoms with van der Waals surface area (Å²) in [6.45, 7) is 2.13. The van der Waals surface area contributed by atoms with Crippen LogP contribution in [0.4, 0.5) is 0 Å². The van der Waals surface area contributed by atoms with E-state index in [2.05, 4.69) is 25.3 Å². The number of para-hydroxylation sites is 1. The molecular formula is C14H12N6O2S. The van der Waals surface area contributed by atoms with E-state index in [9.17, 15) is 4.79 Å². The van der Waals surface area contributed by atoms with E-state index in [1.165, 1.54) is 11.8 Å². The molecule has 116 valence electrons. The van der Waals surface area contributed by atoms with E-state index < -0.39 is 0 Å². The van der Waals surface area contributed by atoms with E-state index in [0.29, 0.717) is 23.2 Å². The van der Waals surface area contributed by atoms with Crippen molar-refractivity contribution < 1.29 is 9.53 Å². The molecule has 0 radical (unpaired) electrons. The largest absolute Gasteiger partial charge is 0.465 e. The standard InChI is InChI=1S/C14H12N6O2S/c1-2-22-10(21)7-23-14-18-17-13-16-12-11(19-20(13)14)8-5-3-4-6-9(8)15-12/h3-6H,2,7H2,1H3,(H,15,16,17). The number of aromatic amines is 1. The summed E-state index contributed by atoms with van der Waals surface area (Å²) in [4.78, 5) is 19.1. The van der Waals surface area contributed by atoms with Gasteiger partial charge in [0.2, 0.25) is 5.16 Å². The van der Waals surface area contributed by atoms with Gasteiger partial charge in [-0.05, 0) is 13.0 Å². The Morgan fingerprint density at radius 1 is 1.35 bits per heavy atom. The summed E-state index contributed by atoms with van der Waals surface area (Å²) < 4.78 is 6.46. The third-order valence-corrected chi connectivity index (χ3v) is 4.18. The SMILES string of the molecule is CCOC(=O)CSc1nnc2nc3[nH]c4ccccc4c3nn12. The minimum absolute atomic E-state index is 0.155. The highest BCUT2D eigenvalue weighted by atomic mass is 32.2. The third kappa shape index (κ3) is 2.38. The number of rotatable bonds is 4. The van der Waals surface area contributed by atoms with Gasteiger partial charge in [-0.1, -0.05) is 30.0 Å². The molecule has 0 aliphatic rings. The summed E-state index contributed by atoms with van der Waals surface area (Å²) in [5.41, 5.74) is 2.36. The number of fused-ring (bicyclic) bond motifs is 4. The average molecular weight is 328 g/mol. The van der Waals surface area contributed by atoms with Crippen molar-refractivity contribution in [1.29, 1.82) is 0 Å². The molecule has 0 aliphatic heterocycles. The van der Waals surface area contributed by atoms with E-state index in [4.69, 9.17) is 4.74 Å². The molecule has 23 heavy (non-hydrogen) atoms. The zero-order valence-electron chi connectivity index (χ0n) is 12.2. The number of esters is 1. The summed E-state index contributed by atoms with van der Waals surface area (Å²) in [5, 5.41) is 14.1. The molecule has 0 saturated carbocycles. The second-order valence-electron chi connectivity index (χ2n) is 4.77. The predicted molar refractivity (Wildman–Crippen MR) is 85.3 cm³/mol. The smallest absolute Gasteiger partial charge is 0.316 e. The Morgan fingerprint density at radius 2 is 2.22 bits per heavy atom. The second kappa shape index (κ2) is 5.51. The molecule has 3 heterocycles. The first-order chi connectivity index (χ1) is 11.3. The molecule has 0 unspecified atom stereocenters. The Bertz CT molecular complexity index is 1020. The van der Waals surface area contributed by atoms with Gasteiger partial charge in [-0.2, -0.15) is 14.6 Å². The lowest BCUT2D eigenvalue weighted by molar-refractivity contribution is -0.139. The first-order valence-corrected chi connectivity index (χ1v) is 8.03. The van der Waals surface area contributed by atoms with E-state index in [0.717, 1.165) is 16.4 Å². The van der Waals surface area contributed by atoms with E-state index in [1.54, 1.807) is 11.4 Å². The number of carbonyl (C=O) groups is 1. The molecule has 0 spiro atoms. The van der Waals surface area contributed by atoms with Crippen molar-refractivity contribution in [2.75, 3.05) is 12.4 Å². The molecule has 0 bridgehead atoms. The Morgan fingerprint density at radius 3 is 3.09 bits per heavy atom. The first-order valence-electron chi connectivity index (χ1n) is 7.04. The molecule has 3 aromatic heterocycles. The zero-order valence-corrected chi connectivity index (χ0v) is 13.0. The van der Waals surface area contributed by atoms with Crippen molar-refractivity contribution in [2.24, 2.45) is 0 Å². The van der Waals surface area contributed by atoms with E-state index >= 15 is 0 Å². The number of hydrogen-bond donors (Lipinski definition) is 1. The number of benzene rings is 1. The molecule has 1 N–H and O–H groups in total. The summed E-state index contributed by atoms with van der Waals surface area (Å²) in [5.74, 6) is 0.244. The topological polar surface area (TPSA) is 98.1 Å². The van der Waals surface area contributed by atoms with Gasteiger partial charge >= 0.3 is 5.97 Å². The molecule has 1 aromatic carbocycles. The second-order valence-corrected chi connectivity index (χ2v) is 5.71. The lowest BCUT2D eigenvalue weighted by Crippen LogP contribution is -2.07. The van der Waals surface area contributed by atoms with Crippen molar-refractivity contribution in [3.05, 3.63) is 24.3 Å². The molecule has 9 heteroatoms. The fourth-order valence-corrected chi connectivity index (χ4v) is 3.00. The number of thioether (sulfide) groups is 1. The van der Waals surface area contributed by atoms with Crippen LogP contribution in [-0.4, -0.2) is 48.1 Å². The Balaban J connectivity index is 1.78. The number of ether oxygens (including phenoxy) is 1. The van der Waals surface area contributed by atoms with Gasteiger partial charge in [-0.25, -0.2) is 0 Å². The van der Waals surface area contributed by atoms with E-state index in [1.807, 2.05) is 24.3 Å². The fraction of sp³-hybridized carbons (Fsp3) is 0.214. The maximum absolute atomic E-state index is 11.5. The summed E-state index contributed by atoms with van der Waals surface area (Å²) in [6.07, 6.45) is 0. The van der Waals surface area contributed by atoms with Crippen molar-refractivity contribution in [2.45, 2.75) is 12.1 Å². The number of nitrogens with one attached hydrogen (secondary N) is 1. The van der Waals surface area contributed by atoms with Gasteiger partial charge in [0.25, 0.3) is 5.78 Å². The van der Waals surface area contributed by atoms with Crippen molar-refractivity contribution in [3.63, 3.8) is 0 Å². The third-order valence-electron chi connectivity index (χ3n) is 3.29. The number of aromatic nitrogens is 6. The van der Waals surface area contributed by atoms with Gasteiger partial charge in [0.15, 0.2) is 5.65 Å². The van der Waals surface area contributed by atoms with Gasteiger partial charge in [-0.3, -0.25) is 4.79 Å². The van der Waals surface area contributed by atoms with Crippen molar-refractivity contribution in [1.82, 2.24) is 29.8 Å². The van der Waals surface area contributed by atoms with Crippen LogP contribution in [0.2, 0.25) is 0 Å². The lowest BCUT2D eigenvalue weighted by Gasteiger charge is -2.00. The van der Waals surface area contributed by atoms with Crippen LogP contribution in [0.3, 0.4) is 0 Å². The fourth-order valence-electron chi connectivity index (χ4n) is 2.33. The first kappa shape index (κ1) is 13.9. The monoisotopic (exact) mass is 328 g/mol. The van der Waals surface area contributed by atoms with Crippen LogP contribution in [0.5, 0.6) is 0 Å². The molecule has 8 nitrogen and oxygen atoms in total. The van der Waals surface area contributed by atoms with Crippen LogP contribution >= 0.6 is 11.8 Å². The van der Waals surface area contributed by atoms with Gasteiger partial charge in [0.1, 0.15) is 5.52 Å². The minimum Gasteiger partial charge on any atom is -0.465 e. The summed E-state index contributed by atoms with van der Waals surface area (Å²) >= 11 is 1.22. The minimum atomic E-state index is -0.296. The molecule has 0 amide bonds. The molecule has 4 aromatic rings. The molecule has 0 fully saturated rings. The van der Waals surface area contributed by atoms with Gasteiger partial charge in [-0.15, -0.1) is 10.2 Å². The molecule has 0 atom stereocenters. The Hall–Kier alpha value is -2.68. The lowest BCUT2D eigenvalue weighted by atomic mass is 10.2. The molecule has 0 saturated heterocycles. The summed E-state index contributed by atoms with van der Waals surface area (Å²) in [6, 6.07) is 7.84. The van der Waals surface area contributed by atoms with Gasteiger partial charge < -0.3 is 9.72 Å². The molecular weight excluding hydrogens is 316 g/mol. The van der Waals surface area contributed by atoms with Crippen LogP contribution in [0.1, 0.15) is 6.92 Å². The maximum Gasteiger partial charge on any atom is 0.316 e. The normalized spacial score (nSPS) is 11.5. The average Bonchev–Trinajstić information content (AvgIpc) is 3.11. The zero-order chi connectivity index (χ0) is 15.8. The highest BCUT2D eigenvalue weighted by Gasteiger charge is 2.15. The Labute approximate surface area is 134 Å². The van der Waals surface area contributed by atoms with Crippen LogP contribution < -0.4 is 0 Å². The quantitative estimate of drug-likeness (QED) is 0.450. The predicted octanol–water partition coefficient (Wildman–Crippen LogP) is 1.81.